The lowest BCUT2D eigenvalue weighted by molar-refractivity contribution is -0.128. The Balaban J connectivity index is 1.94. The van der Waals surface area contributed by atoms with Gasteiger partial charge in [0.2, 0.25) is 5.91 Å². The first kappa shape index (κ1) is 17.5. The molecule has 1 atom stereocenters. The summed E-state index contributed by atoms with van der Waals surface area (Å²) in [6.45, 7) is 5.11. The summed E-state index contributed by atoms with van der Waals surface area (Å²) in [5.41, 5.74) is 2.40. The molecule has 2 aromatic carbocycles. The number of nitrogens with one attached hydrogen (secondary N) is 1. The number of hydrogen-bond donors (Lipinski definition) is 1. The lowest BCUT2D eigenvalue weighted by Gasteiger charge is -2.35. The van der Waals surface area contributed by atoms with Crippen molar-refractivity contribution in [3.63, 3.8) is 0 Å². The standard InChI is InChI=1S/C20H21ClN2O2/c1-13(2)14-7-9-15(10-8-14)20(25)23-12-11-22-19(24)18(23)16-5-3-4-6-17(16)21/h3-10,13,18H,11-12H2,1-2H3,(H,22,24). The molecule has 1 fully saturated rings. The largest absolute Gasteiger partial charge is 0.352 e. The minimum absolute atomic E-state index is 0.157. The highest BCUT2D eigenvalue weighted by Gasteiger charge is 2.35. The van der Waals surface area contributed by atoms with Crippen molar-refractivity contribution < 1.29 is 9.59 Å². The van der Waals surface area contributed by atoms with E-state index in [-0.39, 0.29) is 11.8 Å². The summed E-state index contributed by atoms with van der Waals surface area (Å²) in [4.78, 5) is 27.1. The normalized spacial score (nSPS) is 17.5. The fourth-order valence-electron chi connectivity index (χ4n) is 3.07. The Morgan fingerprint density at radius 2 is 1.84 bits per heavy atom. The van der Waals surface area contributed by atoms with E-state index >= 15 is 0 Å². The SMILES string of the molecule is CC(C)c1ccc(C(=O)N2CCNC(=O)C2c2ccccc2Cl)cc1. The fourth-order valence-corrected chi connectivity index (χ4v) is 3.31. The molecule has 1 unspecified atom stereocenters. The predicted molar refractivity (Wildman–Crippen MR) is 98.8 cm³/mol. The topological polar surface area (TPSA) is 49.4 Å². The molecular weight excluding hydrogens is 336 g/mol. The van der Waals surface area contributed by atoms with Crippen molar-refractivity contribution in [1.82, 2.24) is 10.2 Å². The zero-order chi connectivity index (χ0) is 18.0. The molecule has 2 aromatic rings. The second-order valence-corrected chi connectivity index (χ2v) is 6.90. The number of hydrogen-bond acceptors (Lipinski definition) is 2. The van der Waals surface area contributed by atoms with E-state index in [0.717, 1.165) is 0 Å². The molecule has 4 nitrogen and oxygen atoms in total. The average molecular weight is 357 g/mol. The Kier molecular flexibility index (Phi) is 5.09. The number of piperazine rings is 1. The Morgan fingerprint density at radius 3 is 2.48 bits per heavy atom. The molecule has 0 saturated carbocycles. The third kappa shape index (κ3) is 3.54. The van der Waals surface area contributed by atoms with Crippen LogP contribution in [0.25, 0.3) is 0 Å². The predicted octanol–water partition coefficient (Wildman–Crippen LogP) is 3.78. The Labute approximate surface area is 152 Å². The van der Waals surface area contributed by atoms with E-state index in [4.69, 9.17) is 11.6 Å². The highest BCUT2D eigenvalue weighted by atomic mass is 35.5. The van der Waals surface area contributed by atoms with Crippen LogP contribution in [0.1, 0.15) is 47.3 Å². The van der Waals surface area contributed by atoms with E-state index in [1.54, 1.807) is 17.0 Å². The number of benzene rings is 2. The molecule has 25 heavy (non-hydrogen) atoms. The summed E-state index contributed by atoms with van der Waals surface area (Å²) in [5.74, 6) is 0.0439. The van der Waals surface area contributed by atoms with Crippen molar-refractivity contribution in [2.75, 3.05) is 13.1 Å². The first-order chi connectivity index (χ1) is 12.0. The number of amides is 2. The Bertz CT molecular complexity index is 787. The molecule has 1 aliphatic rings. The van der Waals surface area contributed by atoms with Crippen molar-refractivity contribution in [3.8, 4) is 0 Å². The van der Waals surface area contributed by atoms with E-state index in [1.165, 1.54) is 5.56 Å². The molecule has 3 rings (SSSR count). The van der Waals surface area contributed by atoms with Crippen LogP contribution in [0.3, 0.4) is 0 Å². The summed E-state index contributed by atoms with van der Waals surface area (Å²) in [6.07, 6.45) is 0. The van der Waals surface area contributed by atoms with Gasteiger partial charge in [0.1, 0.15) is 6.04 Å². The maximum atomic E-state index is 13.0. The summed E-state index contributed by atoms with van der Waals surface area (Å²) in [6, 6.07) is 14.0. The molecule has 0 aliphatic carbocycles. The summed E-state index contributed by atoms with van der Waals surface area (Å²) < 4.78 is 0. The summed E-state index contributed by atoms with van der Waals surface area (Å²) >= 11 is 6.28. The molecule has 2 amide bonds. The van der Waals surface area contributed by atoms with Crippen molar-refractivity contribution >= 4 is 23.4 Å². The average Bonchev–Trinajstić information content (AvgIpc) is 2.62. The van der Waals surface area contributed by atoms with Gasteiger partial charge in [-0.15, -0.1) is 0 Å². The van der Waals surface area contributed by atoms with E-state index in [9.17, 15) is 9.59 Å². The number of nitrogens with zero attached hydrogens (tertiary/aromatic N) is 1. The first-order valence-electron chi connectivity index (χ1n) is 8.42. The van der Waals surface area contributed by atoms with Gasteiger partial charge in [-0.05, 0) is 29.7 Å². The van der Waals surface area contributed by atoms with Gasteiger partial charge >= 0.3 is 0 Å². The van der Waals surface area contributed by atoms with Crippen molar-refractivity contribution in [2.24, 2.45) is 0 Å². The Morgan fingerprint density at radius 1 is 1.16 bits per heavy atom. The number of rotatable bonds is 3. The van der Waals surface area contributed by atoms with Crippen LogP contribution in [0, 0.1) is 0 Å². The molecule has 1 heterocycles. The molecule has 0 bridgehead atoms. The summed E-state index contributed by atoms with van der Waals surface area (Å²) in [7, 11) is 0. The monoisotopic (exact) mass is 356 g/mol. The maximum absolute atomic E-state index is 13.0. The molecular formula is C20H21ClN2O2. The maximum Gasteiger partial charge on any atom is 0.254 e. The lowest BCUT2D eigenvalue weighted by atomic mass is 9.99. The van der Waals surface area contributed by atoms with Crippen LogP contribution in [0.4, 0.5) is 0 Å². The van der Waals surface area contributed by atoms with Gasteiger partial charge in [-0.3, -0.25) is 9.59 Å². The van der Waals surface area contributed by atoms with E-state index in [1.807, 2.05) is 36.4 Å². The molecule has 0 radical (unpaired) electrons. The third-order valence-corrected chi connectivity index (χ3v) is 4.84. The van der Waals surface area contributed by atoms with Crippen LogP contribution in [0.15, 0.2) is 48.5 Å². The van der Waals surface area contributed by atoms with Crippen molar-refractivity contribution in [3.05, 3.63) is 70.2 Å². The number of carbonyl (C=O) groups is 2. The van der Waals surface area contributed by atoms with Gasteiger partial charge in [0.15, 0.2) is 0 Å². The van der Waals surface area contributed by atoms with Gasteiger partial charge in [0.25, 0.3) is 5.91 Å². The van der Waals surface area contributed by atoms with Gasteiger partial charge < -0.3 is 10.2 Å². The van der Waals surface area contributed by atoms with Crippen LogP contribution in [-0.2, 0) is 4.79 Å². The van der Waals surface area contributed by atoms with Crippen LogP contribution < -0.4 is 5.32 Å². The smallest absolute Gasteiger partial charge is 0.254 e. The quantitative estimate of drug-likeness (QED) is 0.909. The van der Waals surface area contributed by atoms with Crippen LogP contribution >= 0.6 is 11.6 Å². The van der Waals surface area contributed by atoms with Gasteiger partial charge in [0, 0.05) is 29.2 Å². The van der Waals surface area contributed by atoms with Crippen LogP contribution in [-0.4, -0.2) is 29.8 Å². The second kappa shape index (κ2) is 7.28. The Hall–Kier alpha value is -2.33. The van der Waals surface area contributed by atoms with Crippen LogP contribution in [0.5, 0.6) is 0 Å². The third-order valence-electron chi connectivity index (χ3n) is 4.50. The summed E-state index contributed by atoms with van der Waals surface area (Å²) in [5, 5.41) is 3.31. The van der Waals surface area contributed by atoms with E-state index in [0.29, 0.717) is 35.2 Å². The molecule has 1 N–H and O–H groups in total. The van der Waals surface area contributed by atoms with Crippen molar-refractivity contribution in [2.45, 2.75) is 25.8 Å². The van der Waals surface area contributed by atoms with Gasteiger partial charge in [-0.25, -0.2) is 0 Å². The molecule has 130 valence electrons. The zero-order valence-corrected chi connectivity index (χ0v) is 15.1. The van der Waals surface area contributed by atoms with Gasteiger partial charge in [-0.1, -0.05) is 55.8 Å². The molecule has 1 saturated heterocycles. The van der Waals surface area contributed by atoms with E-state index in [2.05, 4.69) is 19.2 Å². The number of carbonyl (C=O) groups excluding carboxylic acids is 2. The first-order valence-corrected chi connectivity index (χ1v) is 8.80. The van der Waals surface area contributed by atoms with Crippen LogP contribution in [0.2, 0.25) is 5.02 Å². The fraction of sp³-hybridized carbons (Fsp3) is 0.300. The minimum Gasteiger partial charge on any atom is -0.352 e. The van der Waals surface area contributed by atoms with Gasteiger partial charge in [0.05, 0.1) is 0 Å². The van der Waals surface area contributed by atoms with Crippen molar-refractivity contribution in [1.29, 1.82) is 0 Å². The molecule has 0 aromatic heterocycles. The number of halogens is 1. The molecule has 1 aliphatic heterocycles. The van der Waals surface area contributed by atoms with Gasteiger partial charge in [-0.2, -0.15) is 0 Å². The lowest BCUT2D eigenvalue weighted by Crippen LogP contribution is -2.52. The minimum atomic E-state index is -0.709. The second-order valence-electron chi connectivity index (χ2n) is 6.49. The zero-order valence-electron chi connectivity index (χ0n) is 14.3. The highest BCUT2D eigenvalue weighted by molar-refractivity contribution is 6.31. The molecule has 5 heteroatoms. The molecule has 0 spiro atoms. The van der Waals surface area contributed by atoms with E-state index < -0.39 is 6.04 Å². The highest BCUT2D eigenvalue weighted by Crippen LogP contribution is 2.30.